The normalized spacial score (nSPS) is 25.8. The van der Waals surface area contributed by atoms with Gasteiger partial charge in [0.25, 0.3) is 0 Å². The highest BCUT2D eigenvalue weighted by Gasteiger charge is 2.32. The summed E-state index contributed by atoms with van der Waals surface area (Å²) in [5.74, 6) is -0.0713. The fraction of sp³-hybridized carbons (Fsp3) is 0.909. The van der Waals surface area contributed by atoms with Gasteiger partial charge in [0.1, 0.15) is 6.10 Å². The molecule has 0 aliphatic carbocycles. The molecule has 0 aromatic heterocycles. The quantitative estimate of drug-likeness (QED) is 0.699. The molecule has 0 bridgehead atoms. The van der Waals surface area contributed by atoms with E-state index in [1.807, 2.05) is 13.8 Å². The summed E-state index contributed by atoms with van der Waals surface area (Å²) in [5, 5.41) is 2.91. The zero-order valence-electron chi connectivity index (χ0n) is 10.3. The van der Waals surface area contributed by atoms with Gasteiger partial charge in [-0.05, 0) is 26.7 Å². The van der Waals surface area contributed by atoms with Crippen molar-refractivity contribution in [1.82, 2.24) is 5.32 Å². The van der Waals surface area contributed by atoms with E-state index >= 15 is 0 Å². The molecule has 1 aliphatic rings. The van der Waals surface area contributed by atoms with Crippen LogP contribution in [0, 0.1) is 0 Å². The number of methoxy groups -OCH3 is 1. The standard InChI is InChI=1S/C11H22N2O3/c1-11(2,7-15-3)13-10(14)9-5-4-8(6-12)16-9/h8-9H,4-7,12H2,1-3H3,(H,13,14). The van der Waals surface area contributed by atoms with Gasteiger partial charge in [0.05, 0.1) is 18.2 Å². The van der Waals surface area contributed by atoms with Gasteiger partial charge >= 0.3 is 0 Å². The smallest absolute Gasteiger partial charge is 0.249 e. The molecule has 0 radical (unpaired) electrons. The van der Waals surface area contributed by atoms with Crippen LogP contribution in [0.5, 0.6) is 0 Å². The predicted molar refractivity (Wildman–Crippen MR) is 61.0 cm³/mol. The molecule has 3 N–H and O–H groups in total. The van der Waals surface area contributed by atoms with Crippen molar-refractivity contribution >= 4 is 5.91 Å². The van der Waals surface area contributed by atoms with Crippen molar-refractivity contribution in [1.29, 1.82) is 0 Å². The van der Waals surface area contributed by atoms with Crippen molar-refractivity contribution in [3.63, 3.8) is 0 Å². The molecule has 1 amide bonds. The van der Waals surface area contributed by atoms with Crippen molar-refractivity contribution in [3.05, 3.63) is 0 Å². The Bertz CT molecular complexity index is 243. The topological polar surface area (TPSA) is 73.6 Å². The van der Waals surface area contributed by atoms with Crippen molar-refractivity contribution in [2.24, 2.45) is 5.73 Å². The fourth-order valence-corrected chi connectivity index (χ4v) is 1.88. The van der Waals surface area contributed by atoms with Crippen LogP contribution in [0.25, 0.3) is 0 Å². The molecule has 5 nitrogen and oxygen atoms in total. The Morgan fingerprint density at radius 1 is 1.56 bits per heavy atom. The molecule has 1 rings (SSSR count). The maximum Gasteiger partial charge on any atom is 0.249 e. The second-order valence-corrected chi connectivity index (χ2v) is 4.87. The summed E-state index contributed by atoms with van der Waals surface area (Å²) in [6.45, 7) is 4.80. The molecule has 0 spiro atoms. The monoisotopic (exact) mass is 230 g/mol. The number of amides is 1. The minimum Gasteiger partial charge on any atom is -0.382 e. The maximum absolute atomic E-state index is 11.9. The highest BCUT2D eigenvalue weighted by atomic mass is 16.5. The number of nitrogens with two attached hydrogens (primary N) is 1. The first-order chi connectivity index (χ1) is 7.48. The summed E-state index contributed by atoms with van der Waals surface area (Å²) in [6, 6.07) is 0. The number of carbonyl (C=O) groups excluding carboxylic acids is 1. The molecule has 1 saturated heterocycles. The van der Waals surface area contributed by atoms with Crippen LogP contribution in [0.3, 0.4) is 0 Å². The first-order valence-electron chi connectivity index (χ1n) is 5.65. The Morgan fingerprint density at radius 2 is 2.25 bits per heavy atom. The number of carbonyl (C=O) groups is 1. The molecule has 1 fully saturated rings. The Balaban J connectivity index is 2.41. The molecule has 2 unspecified atom stereocenters. The number of ether oxygens (including phenoxy) is 2. The first kappa shape index (κ1) is 13.4. The lowest BCUT2D eigenvalue weighted by atomic mass is 10.1. The number of nitrogens with one attached hydrogen (secondary N) is 1. The molecule has 1 aliphatic heterocycles. The zero-order valence-corrected chi connectivity index (χ0v) is 10.3. The molecule has 0 aromatic rings. The van der Waals surface area contributed by atoms with Gasteiger partial charge in [0.2, 0.25) is 5.91 Å². The Labute approximate surface area is 96.7 Å². The molecule has 0 saturated carbocycles. The summed E-state index contributed by atoms with van der Waals surface area (Å²) in [7, 11) is 1.62. The largest absolute Gasteiger partial charge is 0.382 e. The van der Waals surface area contributed by atoms with Gasteiger partial charge in [-0.3, -0.25) is 4.79 Å². The minimum atomic E-state index is -0.365. The van der Waals surface area contributed by atoms with E-state index in [2.05, 4.69) is 5.32 Å². The van der Waals surface area contributed by atoms with Gasteiger partial charge in [-0.25, -0.2) is 0 Å². The average molecular weight is 230 g/mol. The Kier molecular flexibility index (Phi) is 4.70. The van der Waals surface area contributed by atoms with Gasteiger partial charge in [-0.1, -0.05) is 0 Å². The predicted octanol–water partition coefficient (Wildman–Crippen LogP) is 0.0339. The highest BCUT2D eigenvalue weighted by Crippen LogP contribution is 2.19. The molecule has 5 heteroatoms. The minimum absolute atomic E-state index is 0.0290. The summed E-state index contributed by atoms with van der Waals surface area (Å²) < 4.78 is 10.6. The molecule has 1 heterocycles. The van der Waals surface area contributed by atoms with E-state index in [0.717, 1.165) is 12.8 Å². The second-order valence-electron chi connectivity index (χ2n) is 4.87. The van der Waals surface area contributed by atoms with Crippen LogP contribution >= 0.6 is 0 Å². The molecule has 0 aromatic carbocycles. The van der Waals surface area contributed by atoms with Gasteiger partial charge < -0.3 is 20.5 Å². The van der Waals surface area contributed by atoms with Crippen LogP contribution in [0.15, 0.2) is 0 Å². The van der Waals surface area contributed by atoms with Gasteiger partial charge in [0.15, 0.2) is 0 Å². The Hall–Kier alpha value is -0.650. The van der Waals surface area contributed by atoms with Gasteiger partial charge in [-0.2, -0.15) is 0 Å². The van der Waals surface area contributed by atoms with Gasteiger partial charge in [0, 0.05) is 13.7 Å². The van der Waals surface area contributed by atoms with Crippen LogP contribution in [-0.4, -0.2) is 43.9 Å². The lowest BCUT2D eigenvalue weighted by Crippen LogP contribution is -2.50. The number of hydrogen-bond acceptors (Lipinski definition) is 4. The van der Waals surface area contributed by atoms with E-state index in [1.165, 1.54) is 0 Å². The van der Waals surface area contributed by atoms with E-state index in [9.17, 15) is 4.79 Å². The third kappa shape index (κ3) is 3.73. The van der Waals surface area contributed by atoms with Crippen molar-refractivity contribution in [3.8, 4) is 0 Å². The maximum atomic E-state index is 11.9. The lowest BCUT2D eigenvalue weighted by molar-refractivity contribution is -0.134. The number of rotatable bonds is 5. The fourth-order valence-electron chi connectivity index (χ4n) is 1.88. The Morgan fingerprint density at radius 3 is 2.75 bits per heavy atom. The van der Waals surface area contributed by atoms with E-state index in [1.54, 1.807) is 7.11 Å². The number of hydrogen-bond donors (Lipinski definition) is 2. The van der Waals surface area contributed by atoms with E-state index in [-0.39, 0.29) is 23.7 Å². The van der Waals surface area contributed by atoms with Gasteiger partial charge in [-0.15, -0.1) is 0 Å². The van der Waals surface area contributed by atoms with Crippen molar-refractivity contribution in [2.45, 2.75) is 44.4 Å². The van der Waals surface area contributed by atoms with Crippen molar-refractivity contribution in [2.75, 3.05) is 20.3 Å². The van der Waals surface area contributed by atoms with Crippen LogP contribution in [-0.2, 0) is 14.3 Å². The third-order valence-electron chi connectivity index (χ3n) is 2.63. The van der Waals surface area contributed by atoms with Crippen molar-refractivity contribution < 1.29 is 14.3 Å². The third-order valence-corrected chi connectivity index (χ3v) is 2.63. The SMILES string of the molecule is COCC(C)(C)NC(=O)C1CCC(CN)O1. The molecule has 16 heavy (non-hydrogen) atoms. The molecule has 94 valence electrons. The van der Waals surface area contributed by atoms with E-state index < -0.39 is 0 Å². The summed E-state index contributed by atoms with van der Waals surface area (Å²) in [6.07, 6.45) is 1.28. The summed E-state index contributed by atoms with van der Waals surface area (Å²) >= 11 is 0. The van der Waals surface area contributed by atoms with Crippen LogP contribution in [0.2, 0.25) is 0 Å². The van der Waals surface area contributed by atoms with E-state index in [0.29, 0.717) is 13.2 Å². The first-order valence-corrected chi connectivity index (χ1v) is 5.65. The molecular weight excluding hydrogens is 208 g/mol. The highest BCUT2D eigenvalue weighted by molar-refractivity contribution is 5.81. The van der Waals surface area contributed by atoms with E-state index in [4.69, 9.17) is 15.2 Å². The molecule has 2 atom stereocenters. The second kappa shape index (κ2) is 5.61. The lowest BCUT2D eigenvalue weighted by Gasteiger charge is -2.26. The summed E-state index contributed by atoms with van der Waals surface area (Å²) in [5.41, 5.74) is 5.13. The average Bonchev–Trinajstić information content (AvgIpc) is 2.64. The summed E-state index contributed by atoms with van der Waals surface area (Å²) in [4.78, 5) is 11.9. The van der Waals surface area contributed by atoms with Crippen LogP contribution < -0.4 is 11.1 Å². The van der Waals surface area contributed by atoms with Crippen LogP contribution in [0.1, 0.15) is 26.7 Å². The molecular formula is C11H22N2O3. The zero-order chi connectivity index (χ0) is 12.2. The van der Waals surface area contributed by atoms with Crippen LogP contribution in [0.4, 0.5) is 0 Å².